The van der Waals surface area contributed by atoms with E-state index in [9.17, 15) is 9.59 Å². The summed E-state index contributed by atoms with van der Waals surface area (Å²) in [6.45, 7) is 0. The van der Waals surface area contributed by atoms with E-state index in [1.54, 1.807) is 18.2 Å². The number of hydrogen-bond donors (Lipinski definition) is 2. The number of nitrogens with zero attached hydrogens (tertiary/aromatic N) is 1. The van der Waals surface area contributed by atoms with Crippen molar-refractivity contribution >= 4 is 17.7 Å². The van der Waals surface area contributed by atoms with Crippen LogP contribution in [-0.4, -0.2) is 25.2 Å². The van der Waals surface area contributed by atoms with Gasteiger partial charge in [0.1, 0.15) is 6.04 Å². The van der Waals surface area contributed by atoms with Crippen molar-refractivity contribution in [2.24, 2.45) is 0 Å². The highest BCUT2D eigenvalue weighted by Gasteiger charge is 2.27. The van der Waals surface area contributed by atoms with Crippen molar-refractivity contribution in [2.75, 3.05) is 12.4 Å². The van der Waals surface area contributed by atoms with Gasteiger partial charge in [-0.1, -0.05) is 18.2 Å². The first-order chi connectivity index (χ1) is 14.6. The molecule has 0 aromatic heterocycles. The molecule has 2 aromatic rings. The van der Waals surface area contributed by atoms with Gasteiger partial charge in [-0.15, -0.1) is 0 Å². The molecule has 4 rings (SSSR count). The highest BCUT2D eigenvalue weighted by Crippen LogP contribution is 2.38. The van der Waals surface area contributed by atoms with E-state index in [1.807, 2.05) is 6.07 Å². The van der Waals surface area contributed by atoms with Crippen LogP contribution in [0.2, 0.25) is 0 Å². The van der Waals surface area contributed by atoms with Gasteiger partial charge in [0.15, 0.2) is 0 Å². The molecule has 0 spiro atoms. The number of amides is 2. The molecule has 6 nitrogen and oxygen atoms in total. The summed E-state index contributed by atoms with van der Waals surface area (Å²) in [6.07, 6.45) is 6.51. The standard InChI is InChI=1S/C24H25N3O3/c1-30-23(28)21(12-15-5-2-6-16(11-15)14-25)26-24(29)27-22-19-9-3-7-17(19)13-18-8-4-10-20(18)22/h2,5-6,11,13,21H,3-4,7-10,12H2,1H3,(H2,26,27,29). The fraction of sp³-hybridized carbons (Fsp3) is 0.375. The third kappa shape index (κ3) is 4.02. The zero-order valence-electron chi connectivity index (χ0n) is 17.1. The van der Waals surface area contributed by atoms with Crippen LogP contribution in [0.4, 0.5) is 10.5 Å². The molecule has 0 bridgehead atoms. The summed E-state index contributed by atoms with van der Waals surface area (Å²) >= 11 is 0. The summed E-state index contributed by atoms with van der Waals surface area (Å²) in [7, 11) is 1.30. The zero-order valence-corrected chi connectivity index (χ0v) is 17.1. The van der Waals surface area contributed by atoms with Crippen LogP contribution in [0.15, 0.2) is 30.3 Å². The molecular weight excluding hydrogens is 378 g/mol. The summed E-state index contributed by atoms with van der Waals surface area (Å²) in [6, 6.07) is 10.2. The molecule has 0 saturated carbocycles. The number of nitriles is 1. The number of aryl methyl sites for hydroxylation is 2. The van der Waals surface area contributed by atoms with Crippen LogP contribution < -0.4 is 10.6 Å². The molecule has 0 aliphatic heterocycles. The SMILES string of the molecule is COC(=O)C(Cc1cccc(C#N)c1)NC(=O)Nc1c2c(cc3c1CCC3)CCC2. The van der Waals surface area contributed by atoms with Crippen LogP contribution in [0.25, 0.3) is 0 Å². The minimum absolute atomic E-state index is 0.251. The van der Waals surface area contributed by atoms with E-state index in [4.69, 9.17) is 10.00 Å². The molecule has 2 N–H and O–H groups in total. The van der Waals surface area contributed by atoms with E-state index >= 15 is 0 Å². The van der Waals surface area contributed by atoms with Gasteiger partial charge in [0.2, 0.25) is 0 Å². The number of urea groups is 1. The second-order valence-electron chi connectivity index (χ2n) is 7.92. The average Bonchev–Trinajstić information content (AvgIpc) is 3.42. The van der Waals surface area contributed by atoms with Crippen LogP contribution in [0, 0.1) is 11.3 Å². The molecule has 2 amide bonds. The van der Waals surface area contributed by atoms with Crippen molar-refractivity contribution in [2.45, 2.75) is 51.0 Å². The second-order valence-corrected chi connectivity index (χ2v) is 7.92. The Morgan fingerprint density at radius 2 is 1.80 bits per heavy atom. The number of esters is 1. The van der Waals surface area contributed by atoms with Crippen molar-refractivity contribution in [1.82, 2.24) is 5.32 Å². The number of rotatable bonds is 5. The molecule has 6 heteroatoms. The Labute approximate surface area is 176 Å². The molecule has 2 aromatic carbocycles. The van der Waals surface area contributed by atoms with E-state index in [0.717, 1.165) is 49.8 Å². The largest absolute Gasteiger partial charge is 0.467 e. The van der Waals surface area contributed by atoms with E-state index in [-0.39, 0.29) is 6.42 Å². The first kappa shape index (κ1) is 20.0. The van der Waals surface area contributed by atoms with Gasteiger partial charge >= 0.3 is 12.0 Å². The van der Waals surface area contributed by atoms with Gasteiger partial charge in [0, 0.05) is 12.1 Å². The van der Waals surface area contributed by atoms with E-state index in [0.29, 0.717) is 5.56 Å². The molecule has 0 fully saturated rings. The fourth-order valence-electron chi connectivity index (χ4n) is 4.61. The molecule has 2 aliphatic rings. The molecule has 2 aliphatic carbocycles. The Hall–Kier alpha value is -3.33. The highest BCUT2D eigenvalue weighted by atomic mass is 16.5. The van der Waals surface area contributed by atoms with Crippen LogP contribution in [0.5, 0.6) is 0 Å². The minimum Gasteiger partial charge on any atom is -0.467 e. The topological polar surface area (TPSA) is 91.2 Å². The maximum atomic E-state index is 12.9. The number of carbonyl (C=O) groups excluding carboxylic acids is 2. The van der Waals surface area contributed by atoms with Crippen molar-refractivity contribution in [1.29, 1.82) is 5.26 Å². The first-order valence-corrected chi connectivity index (χ1v) is 10.4. The van der Waals surface area contributed by atoms with E-state index in [1.165, 1.54) is 29.4 Å². The average molecular weight is 403 g/mol. The number of fused-ring (bicyclic) bond motifs is 2. The Kier molecular flexibility index (Phi) is 5.71. The third-order valence-corrected chi connectivity index (χ3v) is 6.00. The molecule has 0 saturated heterocycles. The Morgan fingerprint density at radius 1 is 1.10 bits per heavy atom. The molecule has 0 radical (unpaired) electrons. The van der Waals surface area contributed by atoms with Gasteiger partial charge in [-0.3, -0.25) is 0 Å². The zero-order chi connectivity index (χ0) is 21.1. The Morgan fingerprint density at radius 3 is 2.43 bits per heavy atom. The lowest BCUT2D eigenvalue weighted by Gasteiger charge is -2.20. The molecule has 1 atom stereocenters. The van der Waals surface area contributed by atoms with Crippen molar-refractivity contribution < 1.29 is 14.3 Å². The summed E-state index contributed by atoms with van der Waals surface area (Å²) in [5.74, 6) is -0.518. The summed E-state index contributed by atoms with van der Waals surface area (Å²) in [5, 5.41) is 14.9. The minimum atomic E-state index is -0.839. The smallest absolute Gasteiger partial charge is 0.328 e. The van der Waals surface area contributed by atoms with Gasteiger partial charge in [0.25, 0.3) is 0 Å². The lowest BCUT2D eigenvalue weighted by atomic mass is 9.99. The van der Waals surface area contributed by atoms with Crippen LogP contribution in [0.1, 0.15) is 46.2 Å². The van der Waals surface area contributed by atoms with Gasteiger partial charge in [-0.2, -0.15) is 5.26 Å². The number of carbonyl (C=O) groups is 2. The van der Waals surface area contributed by atoms with Crippen LogP contribution >= 0.6 is 0 Å². The molecule has 154 valence electrons. The van der Waals surface area contributed by atoms with E-state index in [2.05, 4.69) is 22.8 Å². The lowest BCUT2D eigenvalue weighted by Crippen LogP contribution is -2.45. The predicted octanol–water partition coefficient (Wildman–Crippen LogP) is 3.44. The second kappa shape index (κ2) is 8.58. The number of nitrogens with one attached hydrogen (secondary N) is 2. The Balaban J connectivity index is 1.53. The lowest BCUT2D eigenvalue weighted by molar-refractivity contribution is -0.142. The maximum absolute atomic E-state index is 12.9. The van der Waals surface area contributed by atoms with Gasteiger partial charge < -0.3 is 15.4 Å². The fourth-order valence-corrected chi connectivity index (χ4v) is 4.61. The van der Waals surface area contributed by atoms with Gasteiger partial charge in [0.05, 0.1) is 18.7 Å². The molecule has 0 heterocycles. The summed E-state index contributed by atoms with van der Waals surface area (Å²) < 4.78 is 4.89. The first-order valence-electron chi connectivity index (χ1n) is 10.4. The number of benzene rings is 2. The molecular formula is C24H25N3O3. The van der Waals surface area contributed by atoms with Crippen LogP contribution in [0.3, 0.4) is 0 Å². The number of ether oxygens (including phenoxy) is 1. The number of anilines is 1. The quantitative estimate of drug-likeness (QED) is 0.748. The van der Waals surface area contributed by atoms with Gasteiger partial charge in [-0.25, -0.2) is 9.59 Å². The summed E-state index contributed by atoms with van der Waals surface area (Å²) in [4.78, 5) is 25.2. The maximum Gasteiger partial charge on any atom is 0.328 e. The van der Waals surface area contributed by atoms with Crippen molar-refractivity contribution in [3.05, 3.63) is 63.7 Å². The molecule has 1 unspecified atom stereocenters. The normalized spacial score (nSPS) is 14.9. The van der Waals surface area contributed by atoms with Crippen molar-refractivity contribution in [3.63, 3.8) is 0 Å². The summed E-state index contributed by atoms with van der Waals surface area (Å²) in [5.41, 5.74) is 7.38. The number of hydrogen-bond acceptors (Lipinski definition) is 4. The van der Waals surface area contributed by atoms with Crippen molar-refractivity contribution in [3.8, 4) is 6.07 Å². The van der Waals surface area contributed by atoms with Gasteiger partial charge in [-0.05, 0) is 78.5 Å². The Bertz CT molecular complexity index is 1010. The number of methoxy groups -OCH3 is 1. The highest BCUT2D eigenvalue weighted by molar-refractivity contribution is 5.94. The van der Waals surface area contributed by atoms with Crippen LogP contribution in [-0.2, 0) is 41.6 Å². The predicted molar refractivity (Wildman–Crippen MR) is 113 cm³/mol. The third-order valence-electron chi connectivity index (χ3n) is 6.00. The monoisotopic (exact) mass is 403 g/mol. The molecule has 30 heavy (non-hydrogen) atoms. The van der Waals surface area contributed by atoms with E-state index < -0.39 is 18.0 Å².